The molecule has 1 amide bonds. The Morgan fingerprint density at radius 2 is 1.42 bits per heavy atom. The van der Waals surface area contributed by atoms with Gasteiger partial charge in [0.25, 0.3) is 5.91 Å². The van der Waals surface area contributed by atoms with E-state index >= 15 is 0 Å². The van der Waals surface area contributed by atoms with E-state index in [1.807, 2.05) is 25.1 Å². The number of carbonyl (C=O) groups excluding carboxylic acids is 3. The monoisotopic (exact) mass is 449 g/mol. The van der Waals surface area contributed by atoms with E-state index in [9.17, 15) is 14.4 Å². The predicted octanol–water partition coefficient (Wildman–Crippen LogP) is 4.38. The van der Waals surface area contributed by atoms with Crippen molar-refractivity contribution in [2.24, 2.45) is 0 Å². The Labute approximate surface area is 191 Å². The molecular formula is C25H23NO7. The van der Waals surface area contributed by atoms with E-state index in [0.717, 1.165) is 5.56 Å². The summed E-state index contributed by atoms with van der Waals surface area (Å²) in [7, 11) is 2.44. The molecule has 0 aliphatic heterocycles. The second-order valence-electron chi connectivity index (χ2n) is 6.92. The highest BCUT2D eigenvalue weighted by Gasteiger charge is 2.19. The number of para-hydroxylation sites is 1. The van der Waals surface area contributed by atoms with E-state index in [1.165, 1.54) is 32.4 Å². The van der Waals surface area contributed by atoms with Crippen molar-refractivity contribution in [3.05, 3.63) is 83.4 Å². The van der Waals surface area contributed by atoms with Crippen molar-refractivity contribution in [1.29, 1.82) is 0 Å². The van der Waals surface area contributed by atoms with Crippen LogP contribution in [0.15, 0.2) is 66.7 Å². The Morgan fingerprint density at radius 1 is 0.788 bits per heavy atom. The van der Waals surface area contributed by atoms with Crippen molar-refractivity contribution in [3.8, 4) is 17.2 Å². The fourth-order valence-electron chi connectivity index (χ4n) is 2.95. The first kappa shape index (κ1) is 23.3. The standard InChI is InChI=1S/C25H23NO7/c1-16-6-4-5-7-22(16)32-15-23(27)26-17-8-10-18(11-9-17)33-19-12-13-20(24(28)30-2)21(14-19)25(29)31-3/h4-14H,15H2,1-3H3,(H,26,27). The molecule has 33 heavy (non-hydrogen) atoms. The van der Waals surface area contributed by atoms with Crippen LogP contribution in [0.2, 0.25) is 0 Å². The van der Waals surface area contributed by atoms with Crippen LogP contribution in [0, 0.1) is 6.92 Å². The molecule has 0 saturated heterocycles. The SMILES string of the molecule is COC(=O)c1ccc(Oc2ccc(NC(=O)COc3ccccc3C)cc2)cc1C(=O)OC. The van der Waals surface area contributed by atoms with Crippen LogP contribution in [0.1, 0.15) is 26.3 Å². The van der Waals surface area contributed by atoms with Gasteiger partial charge in [0.2, 0.25) is 0 Å². The zero-order valence-electron chi connectivity index (χ0n) is 18.4. The van der Waals surface area contributed by atoms with E-state index in [-0.39, 0.29) is 23.6 Å². The van der Waals surface area contributed by atoms with Crippen molar-refractivity contribution in [2.45, 2.75) is 6.92 Å². The molecule has 0 unspecified atom stereocenters. The van der Waals surface area contributed by atoms with Crippen LogP contribution in [0.4, 0.5) is 5.69 Å². The fourth-order valence-corrected chi connectivity index (χ4v) is 2.95. The van der Waals surface area contributed by atoms with Crippen molar-refractivity contribution >= 4 is 23.5 Å². The van der Waals surface area contributed by atoms with Gasteiger partial charge in [-0.3, -0.25) is 4.79 Å². The molecule has 1 N–H and O–H groups in total. The van der Waals surface area contributed by atoms with Gasteiger partial charge in [0.15, 0.2) is 6.61 Å². The van der Waals surface area contributed by atoms with Crippen LogP contribution >= 0.6 is 0 Å². The topological polar surface area (TPSA) is 100 Å². The Morgan fingerprint density at radius 3 is 2.09 bits per heavy atom. The number of esters is 2. The minimum absolute atomic E-state index is 0.0272. The van der Waals surface area contributed by atoms with Crippen LogP contribution in [0.5, 0.6) is 17.2 Å². The largest absolute Gasteiger partial charge is 0.483 e. The number of carbonyl (C=O) groups is 3. The number of methoxy groups -OCH3 is 2. The molecule has 0 aromatic heterocycles. The van der Waals surface area contributed by atoms with E-state index < -0.39 is 11.9 Å². The molecule has 3 aromatic rings. The lowest BCUT2D eigenvalue weighted by Gasteiger charge is -2.11. The number of benzene rings is 3. The molecule has 0 heterocycles. The molecule has 0 spiro atoms. The van der Waals surface area contributed by atoms with E-state index in [2.05, 4.69) is 5.32 Å². The van der Waals surface area contributed by atoms with Gasteiger partial charge in [0.1, 0.15) is 17.2 Å². The average Bonchev–Trinajstić information content (AvgIpc) is 2.83. The number of aryl methyl sites for hydroxylation is 1. The summed E-state index contributed by atoms with van der Waals surface area (Å²) in [4.78, 5) is 36.1. The number of hydrogen-bond acceptors (Lipinski definition) is 7. The van der Waals surface area contributed by atoms with Crippen LogP contribution in [-0.4, -0.2) is 38.7 Å². The van der Waals surface area contributed by atoms with Crippen molar-refractivity contribution in [2.75, 3.05) is 26.1 Å². The molecular weight excluding hydrogens is 426 g/mol. The number of ether oxygens (including phenoxy) is 4. The number of nitrogens with one attached hydrogen (secondary N) is 1. The minimum Gasteiger partial charge on any atom is -0.483 e. The molecule has 0 atom stereocenters. The lowest BCUT2D eigenvalue weighted by Crippen LogP contribution is -2.20. The zero-order chi connectivity index (χ0) is 23.8. The molecule has 3 rings (SSSR count). The quantitative estimate of drug-likeness (QED) is 0.510. The van der Waals surface area contributed by atoms with Crippen LogP contribution in [0.25, 0.3) is 0 Å². The maximum Gasteiger partial charge on any atom is 0.338 e. The first-order valence-electron chi connectivity index (χ1n) is 9.98. The molecule has 0 saturated carbocycles. The third-order valence-electron chi connectivity index (χ3n) is 4.63. The first-order valence-corrected chi connectivity index (χ1v) is 9.98. The van der Waals surface area contributed by atoms with Gasteiger partial charge in [-0.25, -0.2) is 9.59 Å². The Bertz CT molecular complexity index is 1160. The summed E-state index contributed by atoms with van der Waals surface area (Å²) in [5.41, 5.74) is 1.61. The summed E-state index contributed by atoms with van der Waals surface area (Å²) in [5.74, 6) is -0.202. The maximum atomic E-state index is 12.2. The van der Waals surface area contributed by atoms with Crippen molar-refractivity contribution < 1.29 is 33.3 Å². The van der Waals surface area contributed by atoms with E-state index in [4.69, 9.17) is 18.9 Å². The highest BCUT2D eigenvalue weighted by atomic mass is 16.5. The normalized spacial score (nSPS) is 10.2. The Balaban J connectivity index is 1.63. The number of amides is 1. The summed E-state index contributed by atoms with van der Waals surface area (Å²) in [5, 5.41) is 2.75. The van der Waals surface area contributed by atoms with Gasteiger partial charge in [-0.2, -0.15) is 0 Å². The average molecular weight is 449 g/mol. The highest BCUT2D eigenvalue weighted by Crippen LogP contribution is 2.26. The summed E-state index contributed by atoms with van der Waals surface area (Å²) in [6.45, 7) is 1.79. The summed E-state index contributed by atoms with van der Waals surface area (Å²) in [6, 6.07) is 18.5. The van der Waals surface area contributed by atoms with E-state index in [0.29, 0.717) is 22.9 Å². The molecule has 170 valence electrons. The van der Waals surface area contributed by atoms with Gasteiger partial charge in [0, 0.05) is 5.69 Å². The van der Waals surface area contributed by atoms with Gasteiger partial charge >= 0.3 is 11.9 Å². The number of rotatable bonds is 8. The Hall–Kier alpha value is -4.33. The summed E-state index contributed by atoms with van der Waals surface area (Å²) >= 11 is 0. The molecule has 0 fully saturated rings. The smallest absolute Gasteiger partial charge is 0.338 e. The third-order valence-corrected chi connectivity index (χ3v) is 4.63. The van der Waals surface area contributed by atoms with Gasteiger partial charge in [-0.05, 0) is 61.0 Å². The molecule has 0 aliphatic carbocycles. The lowest BCUT2D eigenvalue weighted by molar-refractivity contribution is -0.118. The first-order chi connectivity index (χ1) is 15.9. The molecule has 8 nitrogen and oxygen atoms in total. The van der Waals surface area contributed by atoms with Gasteiger partial charge < -0.3 is 24.3 Å². The Kier molecular flexibility index (Phi) is 7.64. The molecule has 0 radical (unpaired) electrons. The second kappa shape index (κ2) is 10.8. The molecule has 0 aliphatic rings. The van der Waals surface area contributed by atoms with Crippen LogP contribution < -0.4 is 14.8 Å². The summed E-state index contributed by atoms with van der Waals surface area (Å²) < 4.78 is 20.7. The second-order valence-corrected chi connectivity index (χ2v) is 6.92. The van der Waals surface area contributed by atoms with Gasteiger partial charge in [-0.15, -0.1) is 0 Å². The predicted molar refractivity (Wildman–Crippen MR) is 121 cm³/mol. The van der Waals surface area contributed by atoms with Crippen LogP contribution in [0.3, 0.4) is 0 Å². The van der Waals surface area contributed by atoms with Crippen molar-refractivity contribution in [3.63, 3.8) is 0 Å². The van der Waals surface area contributed by atoms with Gasteiger partial charge in [-0.1, -0.05) is 18.2 Å². The number of anilines is 1. The third kappa shape index (κ3) is 6.10. The van der Waals surface area contributed by atoms with Crippen LogP contribution in [-0.2, 0) is 14.3 Å². The van der Waals surface area contributed by atoms with Crippen molar-refractivity contribution in [1.82, 2.24) is 0 Å². The maximum absolute atomic E-state index is 12.2. The number of hydrogen-bond donors (Lipinski definition) is 1. The lowest BCUT2D eigenvalue weighted by atomic mass is 10.1. The summed E-state index contributed by atoms with van der Waals surface area (Å²) in [6.07, 6.45) is 0. The van der Waals surface area contributed by atoms with E-state index in [1.54, 1.807) is 30.3 Å². The fraction of sp³-hybridized carbons (Fsp3) is 0.160. The highest BCUT2D eigenvalue weighted by molar-refractivity contribution is 6.03. The van der Waals surface area contributed by atoms with Gasteiger partial charge in [0.05, 0.1) is 25.3 Å². The molecule has 8 heteroatoms. The minimum atomic E-state index is -0.688. The molecule has 3 aromatic carbocycles. The zero-order valence-corrected chi connectivity index (χ0v) is 18.4. The molecule has 0 bridgehead atoms.